The van der Waals surface area contributed by atoms with Crippen molar-refractivity contribution in [2.75, 3.05) is 11.5 Å². The first-order chi connectivity index (χ1) is 5.46. The van der Waals surface area contributed by atoms with Crippen molar-refractivity contribution >= 4 is 35.9 Å². The molecule has 0 spiro atoms. The molecule has 0 unspecified atom stereocenters. The van der Waals surface area contributed by atoms with Gasteiger partial charge in [-0.25, -0.2) is 0 Å². The van der Waals surface area contributed by atoms with Crippen LogP contribution in [0.3, 0.4) is 0 Å². The fourth-order valence-electron chi connectivity index (χ4n) is 0.886. The van der Waals surface area contributed by atoms with Gasteiger partial charge < -0.3 is 20.6 Å². The lowest BCUT2D eigenvalue weighted by Crippen LogP contribution is -2.13. The number of rotatable bonds is 0. The Morgan fingerprint density at radius 1 is 1.17 bits per heavy atom. The van der Waals surface area contributed by atoms with E-state index >= 15 is 0 Å². The van der Waals surface area contributed by atoms with Crippen LogP contribution in [0.2, 0.25) is 0 Å². The Kier molecular flexibility index (Phi) is 2.20. The van der Waals surface area contributed by atoms with Gasteiger partial charge in [0.2, 0.25) is 0 Å². The molecule has 0 fully saturated rings. The summed E-state index contributed by atoms with van der Waals surface area (Å²) in [6.45, 7) is 0. The first-order valence-corrected chi connectivity index (χ1v) is 4.09. The van der Waals surface area contributed by atoms with Gasteiger partial charge in [-0.2, -0.15) is 0 Å². The Balaban J connectivity index is 0.00000144. The number of hydrogen-bond acceptors (Lipinski definition) is 4. The third-order valence-electron chi connectivity index (χ3n) is 1.75. The molecule has 0 amide bonds. The van der Waals surface area contributed by atoms with Gasteiger partial charge in [0, 0.05) is 15.5 Å². The third kappa shape index (κ3) is 1.12. The number of aromatic nitrogens is 2. The van der Waals surface area contributed by atoms with E-state index in [0.717, 1.165) is 0 Å². The van der Waals surface area contributed by atoms with Crippen LogP contribution >= 0.6 is 24.4 Å². The first kappa shape index (κ1) is 9.21. The molecule has 1 aromatic rings. The standard InChI is InChI=1S/C6H10N4S2.H2/c1-9-4(8)3(7)5(11)10(2)6(9)12;/h7-8H2,1-2H3;1H. The molecule has 0 radical (unpaired) electrons. The minimum atomic E-state index is 0. The summed E-state index contributed by atoms with van der Waals surface area (Å²) in [5.41, 5.74) is 11.7. The van der Waals surface area contributed by atoms with E-state index in [9.17, 15) is 0 Å². The molecule has 68 valence electrons. The molecule has 6 heteroatoms. The molecular formula is C6H12N4S2. The van der Waals surface area contributed by atoms with Crippen LogP contribution in [0.1, 0.15) is 1.43 Å². The third-order valence-corrected chi connectivity index (χ3v) is 2.79. The van der Waals surface area contributed by atoms with Crippen molar-refractivity contribution in [3.63, 3.8) is 0 Å². The van der Waals surface area contributed by atoms with E-state index in [1.54, 1.807) is 23.2 Å². The van der Waals surface area contributed by atoms with E-state index < -0.39 is 0 Å². The summed E-state index contributed by atoms with van der Waals surface area (Å²) >= 11 is 10.1. The average molecular weight is 204 g/mol. The molecule has 0 aliphatic heterocycles. The largest absolute Gasteiger partial charge is 0.393 e. The molecule has 1 aromatic heterocycles. The highest BCUT2D eigenvalue weighted by Gasteiger charge is 2.03. The Labute approximate surface area is 81.9 Å². The molecule has 1 heterocycles. The van der Waals surface area contributed by atoms with E-state index in [0.29, 0.717) is 20.9 Å². The average Bonchev–Trinajstić information content (AvgIpc) is 2.08. The van der Waals surface area contributed by atoms with Crippen molar-refractivity contribution in [2.24, 2.45) is 14.1 Å². The highest BCUT2D eigenvalue weighted by atomic mass is 32.1. The van der Waals surface area contributed by atoms with Gasteiger partial charge in [-0.15, -0.1) is 0 Å². The molecule has 0 bridgehead atoms. The lowest BCUT2D eigenvalue weighted by Gasteiger charge is -2.10. The molecule has 0 saturated heterocycles. The van der Waals surface area contributed by atoms with Gasteiger partial charge in [0.15, 0.2) is 4.77 Å². The molecular weight excluding hydrogens is 192 g/mol. The van der Waals surface area contributed by atoms with E-state index in [2.05, 4.69) is 0 Å². The number of nitrogens with zero attached hydrogens (tertiary/aromatic N) is 2. The summed E-state index contributed by atoms with van der Waals surface area (Å²) in [4.78, 5) is 0. The zero-order chi connectivity index (χ0) is 9.46. The monoisotopic (exact) mass is 204 g/mol. The van der Waals surface area contributed by atoms with Crippen LogP contribution in [-0.4, -0.2) is 9.13 Å². The SMILES string of the molecule is Cn1c(N)c(N)c(=S)n(C)c1=S.[HH]. The number of nitrogen functional groups attached to an aromatic ring is 2. The number of anilines is 2. The molecule has 1 rings (SSSR count). The van der Waals surface area contributed by atoms with Crippen LogP contribution in [0, 0.1) is 9.41 Å². The van der Waals surface area contributed by atoms with Gasteiger partial charge in [-0.3, -0.25) is 0 Å². The summed E-state index contributed by atoms with van der Waals surface area (Å²) in [6, 6.07) is 0. The number of hydrogen-bond donors (Lipinski definition) is 2. The highest BCUT2D eigenvalue weighted by molar-refractivity contribution is 7.72. The summed E-state index contributed by atoms with van der Waals surface area (Å²) < 4.78 is 4.32. The molecule has 0 aliphatic carbocycles. The molecule has 12 heavy (non-hydrogen) atoms. The van der Waals surface area contributed by atoms with Crippen molar-refractivity contribution in [1.29, 1.82) is 0 Å². The fourth-order valence-corrected chi connectivity index (χ4v) is 1.32. The van der Waals surface area contributed by atoms with Crippen LogP contribution in [0.25, 0.3) is 0 Å². The smallest absolute Gasteiger partial charge is 0.181 e. The maximum absolute atomic E-state index is 5.64. The lowest BCUT2D eigenvalue weighted by molar-refractivity contribution is 0.744. The molecule has 0 atom stereocenters. The first-order valence-electron chi connectivity index (χ1n) is 3.27. The van der Waals surface area contributed by atoms with Crippen molar-refractivity contribution in [3.8, 4) is 0 Å². The maximum atomic E-state index is 5.64. The second-order valence-corrected chi connectivity index (χ2v) is 3.26. The van der Waals surface area contributed by atoms with Crippen LogP contribution in [0.15, 0.2) is 0 Å². The van der Waals surface area contributed by atoms with E-state index in [4.69, 9.17) is 35.9 Å². The zero-order valence-electron chi connectivity index (χ0n) is 6.87. The van der Waals surface area contributed by atoms with Gasteiger partial charge in [-0.1, -0.05) is 12.2 Å². The summed E-state index contributed by atoms with van der Waals surface area (Å²) in [5, 5.41) is 0. The Hall–Kier alpha value is -0.880. The molecule has 0 aliphatic rings. The number of nitrogens with two attached hydrogens (primary N) is 2. The predicted octanol–water partition coefficient (Wildman–Crippen LogP) is 1.23. The summed E-state index contributed by atoms with van der Waals surface area (Å²) in [6.07, 6.45) is 0. The van der Waals surface area contributed by atoms with Crippen molar-refractivity contribution in [2.45, 2.75) is 0 Å². The van der Waals surface area contributed by atoms with Crippen molar-refractivity contribution < 1.29 is 1.43 Å². The minimum absolute atomic E-state index is 0. The molecule has 0 aromatic carbocycles. The van der Waals surface area contributed by atoms with Crippen LogP contribution in [0.4, 0.5) is 11.5 Å². The van der Waals surface area contributed by atoms with E-state index in [-0.39, 0.29) is 1.43 Å². The van der Waals surface area contributed by atoms with Crippen LogP contribution in [-0.2, 0) is 14.1 Å². The van der Waals surface area contributed by atoms with Crippen LogP contribution in [0.5, 0.6) is 0 Å². The second-order valence-electron chi connectivity index (χ2n) is 2.50. The zero-order valence-corrected chi connectivity index (χ0v) is 8.50. The topological polar surface area (TPSA) is 61.9 Å². The lowest BCUT2D eigenvalue weighted by atomic mass is 10.5. The highest BCUT2D eigenvalue weighted by Crippen LogP contribution is 2.14. The summed E-state index contributed by atoms with van der Waals surface area (Å²) in [5.74, 6) is 0.420. The minimum Gasteiger partial charge on any atom is -0.393 e. The Morgan fingerprint density at radius 2 is 1.67 bits per heavy atom. The molecule has 4 N–H and O–H groups in total. The Morgan fingerprint density at radius 3 is 2.17 bits per heavy atom. The Bertz CT molecular complexity index is 396. The van der Waals surface area contributed by atoms with Gasteiger partial charge >= 0.3 is 0 Å². The maximum Gasteiger partial charge on any atom is 0.181 e. The van der Waals surface area contributed by atoms with Gasteiger partial charge in [0.25, 0.3) is 0 Å². The van der Waals surface area contributed by atoms with Gasteiger partial charge in [-0.05, 0) is 12.2 Å². The van der Waals surface area contributed by atoms with Gasteiger partial charge in [0.1, 0.15) is 16.1 Å². The molecule has 0 saturated carbocycles. The van der Waals surface area contributed by atoms with E-state index in [1.165, 1.54) is 0 Å². The van der Waals surface area contributed by atoms with Crippen LogP contribution < -0.4 is 11.5 Å². The second kappa shape index (κ2) is 2.87. The molecule has 4 nitrogen and oxygen atoms in total. The predicted molar refractivity (Wildman–Crippen MR) is 57.0 cm³/mol. The van der Waals surface area contributed by atoms with Gasteiger partial charge in [0.05, 0.1) is 0 Å². The van der Waals surface area contributed by atoms with E-state index in [1.807, 2.05) is 0 Å². The normalized spacial score (nSPS) is 10.2. The summed E-state index contributed by atoms with van der Waals surface area (Å²) in [7, 11) is 3.52. The fraction of sp³-hybridized carbons (Fsp3) is 0.333. The quantitative estimate of drug-likeness (QED) is 0.624. The van der Waals surface area contributed by atoms with Crippen molar-refractivity contribution in [1.82, 2.24) is 9.13 Å². The van der Waals surface area contributed by atoms with Crippen molar-refractivity contribution in [3.05, 3.63) is 9.41 Å².